The summed E-state index contributed by atoms with van der Waals surface area (Å²) in [6, 6.07) is 4.54. The predicted molar refractivity (Wildman–Crippen MR) is 98.8 cm³/mol. The fourth-order valence-electron chi connectivity index (χ4n) is 3.07. The fourth-order valence-corrected chi connectivity index (χ4v) is 5.26. The summed E-state index contributed by atoms with van der Waals surface area (Å²) in [4.78, 5) is 25.1. The van der Waals surface area contributed by atoms with Crippen LogP contribution in [0.25, 0.3) is 0 Å². The summed E-state index contributed by atoms with van der Waals surface area (Å²) in [6.07, 6.45) is 0.351. The van der Waals surface area contributed by atoms with E-state index in [2.05, 4.69) is 10.4 Å². The topological polar surface area (TPSA) is 95.9 Å². The van der Waals surface area contributed by atoms with Crippen molar-refractivity contribution >= 4 is 50.6 Å². The van der Waals surface area contributed by atoms with E-state index in [1.807, 2.05) is 0 Å². The first-order valence-electron chi connectivity index (χ1n) is 7.98. The molecule has 140 valence electrons. The number of hydrogen-bond donors (Lipinski definition) is 1. The molecule has 2 heterocycles. The molecule has 0 bridgehead atoms. The second kappa shape index (κ2) is 7.17. The molecule has 0 aromatic heterocycles. The SMILES string of the molecule is CC1=NN(Cc2c(Cl)cccc2Cl)C(=O)C1C(=O)NC1CCS(=O)(=O)C1. The van der Waals surface area contributed by atoms with Gasteiger partial charge in [0.05, 0.1) is 23.8 Å². The van der Waals surface area contributed by atoms with Crippen LogP contribution in [-0.4, -0.2) is 48.5 Å². The summed E-state index contributed by atoms with van der Waals surface area (Å²) in [5.41, 5.74) is 0.889. The van der Waals surface area contributed by atoms with Gasteiger partial charge in [-0.2, -0.15) is 5.10 Å². The summed E-state index contributed by atoms with van der Waals surface area (Å²) < 4.78 is 23.0. The highest BCUT2D eigenvalue weighted by Crippen LogP contribution is 2.28. The van der Waals surface area contributed by atoms with Gasteiger partial charge in [-0.1, -0.05) is 29.3 Å². The van der Waals surface area contributed by atoms with E-state index < -0.39 is 33.6 Å². The zero-order valence-corrected chi connectivity index (χ0v) is 16.2. The van der Waals surface area contributed by atoms with Crippen molar-refractivity contribution in [3.8, 4) is 0 Å². The lowest BCUT2D eigenvalue weighted by molar-refractivity contribution is -0.138. The molecule has 0 spiro atoms. The Labute approximate surface area is 161 Å². The normalized spacial score (nSPS) is 24.7. The molecule has 0 saturated carbocycles. The smallest absolute Gasteiger partial charge is 0.261 e. The average Bonchev–Trinajstić information content (AvgIpc) is 3.02. The Hall–Kier alpha value is -1.64. The van der Waals surface area contributed by atoms with Gasteiger partial charge in [0.15, 0.2) is 15.8 Å². The van der Waals surface area contributed by atoms with E-state index in [4.69, 9.17) is 23.2 Å². The fraction of sp³-hybridized carbons (Fsp3) is 0.438. The van der Waals surface area contributed by atoms with Gasteiger partial charge in [0, 0.05) is 21.7 Å². The molecule has 2 aliphatic heterocycles. The number of hydrazone groups is 1. The highest BCUT2D eigenvalue weighted by atomic mass is 35.5. The molecule has 26 heavy (non-hydrogen) atoms. The largest absolute Gasteiger partial charge is 0.351 e. The van der Waals surface area contributed by atoms with Crippen molar-refractivity contribution in [3.05, 3.63) is 33.8 Å². The first-order chi connectivity index (χ1) is 12.2. The number of halogens is 2. The Morgan fingerprint density at radius 1 is 1.35 bits per heavy atom. The standard InChI is InChI=1S/C16H17Cl2N3O4S/c1-9-14(15(22)19-10-5-6-26(24,25)8-10)16(23)21(20-9)7-11-12(17)3-2-4-13(11)18/h2-4,10,14H,5-8H2,1H3,(H,19,22). The maximum absolute atomic E-state index is 12.6. The third-order valence-electron chi connectivity index (χ3n) is 4.41. The number of amides is 2. The van der Waals surface area contributed by atoms with Gasteiger partial charge in [-0.25, -0.2) is 13.4 Å². The van der Waals surface area contributed by atoms with Gasteiger partial charge in [0.25, 0.3) is 5.91 Å². The number of benzene rings is 1. The number of nitrogens with zero attached hydrogens (tertiary/aromatic N) is 2. The predicted octanol–water partition coefficient (Wildman–Crippen LogP) is 1.63. The van der Waals surface area contributed by atoms with Crippen LogP contribution in [0, 0.1) is 5.92 Å². The van der Waals surface area contributed by atoms with Crippen molar-refractivity contribution in [1.29, 1.82) is 0 Å². The zero-order valence-electron chi connectivity index (χ0n) is 13.9. The maximum atomic E-state index is 12.6. The molecule has 0 radical (unpaired) electrons. The molecular formula is C16H17Cl2N3O4S. The Morgan fingerprint density at radius 3 is 2.58 bits per heavy atom. The van der Waals surface area contributed by atoms with Crippen LogP contribution in [0.1, 0.15) is 18.9 Å². The number of sulfone groups is 1. The molecule has 2 unspecified atom stereocenters. The van der Waals surface area contributed by atoms with Gasteiger partial charge in [-0.3, -0.25) is 9.59 Å². The number of rotatable bonds is 4. The van der Waals surface area contributed by atoms with Crippen molar-refractivity contribution in [2.45, 2.75) is 25.9 Å². The summed E-state index contributed by atoms with van der Waals surface area (Å²) in [5.74, 6) is -2.15. The highest BCUT2D eigenvalue weighted by Gasteiger charge is 2.41. The molecule has 10 heteroatoms. The monoisotopic (exact) mass is 417 g/mol. The zero-order chi connectivity index (χ0) is 19.1. The van der Waals surface area contributed by atoms with Gasteiger partial charge in [-0.05, 0) is 25.5 Å². The lowest BCUT2D eigenvalue weighted by Gasteiger charge is -2.17. The molecule has 7 nitrogen and oxygen atoms in total. The molecule has 1 fully saturated rings. The highest BCUT2D eigenvalue weighted by molar-refractivity contribution is 7.91. The minimum absolute atomic E-state index is 0.0424. The van der Waals surface area contributed by atoms with Crippen molar-refractivity contribution in [3.63, 3.8) is 0 Å². The summed E-state index contributed by atoms with van der Waals surface area (Å²) >= 11 is 12.2. The van der Waals surface area contributed by atoms with Gasteiger partial charge in [-0.15, -0.1) is 0 Å². The van der Waals surface area contributed by atoms with Gasteiger partial charge >= 0.3 is 0 Å². The molecule has 1 aromatic rings. The van der Waals surface area contributed by atoms with E-state index in [1.54, 1.807) is 25.1 Å². The van der Waals surface area contributed by atoms with Crippen molar-refractivity contribution in [1.82, 2.24) is 10.3 Å². The van der Waals surface area contributed by atoms with Gasteiger partial charge < -0.3 is 5.32 Å². The Kier molecular flexibility index (Phi) is 5.28. The molecule has 1 N–H and O–H groups in total. The maximum Gasteiger partial charge on any atom is 0.261 e. The number of nitrogens with one attached hydrogen (secondary N) is 1. The third kappa shape index (κ3) is 3.87. The lowest BCUT2D eigenvalue weighted by Crippen LogP contribution is -2.44. The first-order valence-corrected chi connectivity index (χ1v) is 10.6. The molecule has 0 aliphatic carbocycles. The van der Waals surface area contributed by atoms with Crippen LogP contribution in [0.2, 0.25) is 10.0 Å². The number of hydrogen-bond acceptors (Lipinski definition) is 5. The van der Waals surface area contributed by atoms with E-state index in [9.17, 15) is 18.0 Å². The molecule has 1 saturated heterocycles. The molecular weight excluding hydrogens is 401 g/mol. The second-order valence-electron chi connectivity index (χ2n) is 6.38. The summed E-state index contributed by atoms with van der Waals surface area (Å²) in [7, 11) is -3.12. The van der Waals surface area contributed by atoms with Crippen molar-refractivity contribution < 1.29 is 18.0 Å². The van der Waals surface area contributed by atoms with Crippen LogP contribution in [0.4, 0.5) is 0 Å². The average molecular weight is 418 g/mol. The quantitative estimate of drug-likeness (QED) is 0.752. The van der Waals surface area contributed by atoms with Gasteiger partial charge in [0.1, 0.15) is 0 Å². The van der Waals surface area contributed by atoms with Crippen LogP contribution >= 0.6 is 23.2 Å². The van der Waals surface area contributed by atoms with E-state index >= 15 is 0 Å². The summed E-state index contributed by atoms with van der Waals surface area (Å²) in [6.45, 7) is 1.64. The van der Waals surface area contributed by atoms with Crippen molar-refractivity contribution in [2.75, 3.05) is 11.5 Å². The number of carbonyl (C=O) groups is 2. The molecule has 2 amide bonds. The van der Waals surface area contributed by atoms with Gasteiger partial charge in [0.2, 0.25) is 5.91 Å². The third-order valence-corrected chi connectivity index (χ3v) is 6.88. The van der Waals surface area contributed by atoms with Crippen LogP contribution in [0.15, 0.2) is 23.3 Å². The Balaban J connectivity index is 1.71. The van der Waals surface area contributed by atoms with E-state index in [-0.39, 0.29) is 18.1 Å². The van der Waals surface area contributed by atoms with E-state index in [0.29, 0.717) is 27.7 Å². The minimum atomic E-state index is -3.12. The van der Waals surface area contributed by atoms with E-state index in [0.717, 1.165) is 5.01 Å². The minimum Gasteiger partial charge on any atom is -0.351 e. The van der Waals surface area contributed by atoms with Crippen molar-refractivity contribution in [2.24, 2.45) is 11.0 Å². The first kappa shape index (κ1) is 19.1. The molecule has 2 aliphatic rings. The van der Waals surface area contributed by atoms with Crippen LogP contribution < -0.4 is 5.32 Å². The second-order valence-corrected chi connectivity index (χ2v) is 9.42. The van der Waals surface area contributed by atoms with Crippen LogP contribution in [0.5, 0.6) is 0 Å². The molecule has 3 rings (SSSR count). The number of carbonyl (C=O) groups excluding carboxylic acids is 2. The van der Waals surface area contributed by atoms with Crippen LogP contribution in [-0.2, 0) is 26.0 Å². The molecule has 1 aromatic carbocycles. The Morgan fingerprint density at radius 2 is 2.00 bits per heavy atom. The lowest BCUT2D eigenvalue weighted by atomic mass is 10.0. The van der Waals surface area contributed by atoms with Crippen LogP contribution in [0.3, 0.4) is 0 Å². The van der Waals surface area contributed by atoms with E-state index in [1.165, 1.54) is 0 Å². The Bertz CT molecular complexity index is 881. The summed E-state index contributed by atoms with van der Waals surface area (Å²) in [5, 5.41) is 8.78. The molecule has 2 atom stereocenters.